The van der Waals surface area contributed by atoms with Gasteiger partial charge in [0.25, 0.3) is 0 Å². The molecule has 0 spiro atoms. The molecule has 13 heavy (non-hydrogen) atoms. The van der Waals surface area contributed by atoms with Crippen LogP contribution in [-0.4, -0.2) is 29.5 Å². The van der Waals surface area contributed by atoms with Gasteiger partial charge in [0.15, 0.2) is 0 Å². The second-order valence-electron chi connectivity index (χ2n) is 3.45. The van der Waals surface area contributed by atoms with Gasteiger partial charge in [0, 0.05) is 31.1 Å². The molecule has 4 atom stereocenters. The summed E-state index contributed by atoms with van der Waals surface area (Å²) in [4.78, 5) is 0. The van der Waals surface area contributed by atoms with E-state index in [1.165, 1.54) is 6.08 Å². The van der Waals surface area contributed by atoms with Crippen LogP contribution in [0, 0.1) is 43.6 Å². The molecule has 2 heterocycles. The van der Waals surface area contributed by atoms with Crippen molar-refractivity contribution in [2.24, 2.45) is 5.92 Å². The van der Waals surface area contributed by atoms with Gasteiger partial charge >= 0.3 is 0 Å². The second-order valence-corrected chi connectivity index (χ2v) is 3.45. The van der Waals surface area contributed by atoms with Crippen LogP contribution >= 0.6 is 0 Å². The smallest absolute Gasteiger partial charge is 0.101 e. The molecular formula is C9H13O3U-. The molecule has 0 aliphatic carbocycles. The van der Waals surface area contributed by atoms with Crippen LogP contribution in [0.25, 0.3) is 0 Å². The number of ether oxygens (including phenoxy) is 2. The molecule has 0 aromatic rings. The topological polar surface area (TPSA) is 38.7 Å². The van der Waals surface area contributed by atoms with E-state index in [0.717, 1.165) is 0 Å². The van der Waals surface area contributed by atoms with E-state index in [1.54, 1.807) is 6.61 Å². The summed E-state index contributed by atoms with van der Waals surface area (Å²) in [6.45, 7) is 7.70. The van der Waals surface area contributed by atoms with Crippen molar-refractivity contribution in [3.05, 3.63) is 19.3 Å². The van der Waals surface area contributed by atoms with Gasteiger partial charge in [0.2, 0.25) is 0 Å². The maximum atomic E-state index is 9.66. The molecule has 3 nitrogen and oxygen atoms in total. The van der Waals surface area contributed by atoms with Gasteiger partial charge in [-0.25, -0.2) is 0 Å². The van der Waals surface area contributed by atoms with Crippen LogP contribution in [-0.2, 0) is 9.47 Å². The van der Waals surface area contributed by atoms with E-state index < -0.39 is 11.7 Å². The summed E-state index contributed by atoms with van der Waals surface area (Å²) < 4.78 is 10.8. The first-order valence-electron chi connectivity index (χ1n) is 4.14. The van der Waals surface area contributed by atoms with E-state index in [4.69, 9.17) is 9.47 Å². The zero-order chi connectivity index (χ0) is 8.77. The van der Waals surface area contributed by atoms with Crippen molar-refractivity contribution < 1.29 is 45.7 Å². The van der Waals surface area contributed by atoms with Crippen LogP contribution in [0.15, 0.2) is 12.7 Å². The molecule has 0 radical (unpaired) electrons. The molecule has 2 aliphatic heterocycles. The van der Waals surface area contributed by atoms with E-state index in [9.17, 15) is 5.11 Å². The van der Waals surface area contributed by atoms with Crippen molar-refractivity contribution in [2.75, 3.05) is 6.61 Å². The van der Waals surface area contributed by atoms with Crippen LogP contribution in [0.2, 0.25) is 0 Å². The molecule has 0 amide bonds. The predicted octanol–water partition coefficient (Wildman–Crippen LogP) is 0.499. The number of rotatable bonds is 2. The Morgan fingerprint density at radius 3 is 2.77 bits per heavy atom. The van der Waals surface area contributed by atoms with E-state index in [2.05, 4.69) is 6.58 Å². The van der Waals surface area contributed by atoms with Crippen molar-refractivity contribution in [3.8, 4) is 0 Å². The third-order valence-corrected chi connectivity index (χ3v) is 2.91. The third kappa shape index (κ3) is 1.53. The first-order chi connectivity index (χ1) is 5.70. The van der Waals surface area contributed by atoms with Gasteiger partial charge in [0.05, 0.1) is 12.2 Å². The average molecular weight is 407 g/mol. The molecule has 2 bridgehead atoms. The monoisotopic (exact) mass is 407 g/mol. The molecular weight excluding hydrogens is 394 g/mol. The maximum absolute atomic E-state index is 9.66. The molecule has 2 saturated heterocycles. The normalized spacial score (nSPS) is 44.2. The van der Waals surface area contributed by atoms with E-state index in [0.29, 0.717) is 6.61 Å². The predicted molar refractivity (Wildman–Crippen MR) is 43.2 cm³/mol. The van der Waals surface area contributed by atoms with Crippen LogP contribution in [0.4, 0.5) is 0 Å². The van der Waals surface area contributed by atoms with Crippen molar-refractivity contribution in [3.63, 3.8) is 0 Å². The molecule has 2 aliphatic rings. The van der Waals surface area contributed by atoms with Gasteiger partial charge in [-0.15, -0.1) is 6.58 Å². The Morgan fingerprint density at radius 1 is 1.77 bits per heavy atom. The summed E-state index contributed by atoms with van der Waals surface area (Å²) in [6, 6.07) is 0. The number of hydrogen-bond donors (Lipinski definition) is 1. The molecule has 4 heteroatoms. The number of hydrogen-bond acceptors (Lipinski definition) is 3. The third-order valence-electron chi connectivity index (χ3n) is 2.91. The zero-order valence-corrected chi connectivity index (χ0v) is 11.7. The summed E-state index contributed by atoms with van der Waals surface area (Å²) in [6.07, 6.45) is 0.900. The minimum atomic E-state index is -0.642. The number of aliphatic hydroxyl groups is 1. The Labute approximate surface area is 102 Å². The summed E-state index contributed by atoms with van der Waals surface area (Å²) in [5.74, 6) is 0.213. The molecule has 0 aromatic carbocycles. The fourth-order valence-corrected chi connectivity index (χ4v) is 1.90. The summed E-state index contributed by atoms with van der Waals surface area (Å²) >= 11 is 0. The fourth-order valence-electron chi connectivity index (χ4n) is 1.90. The van der Waals surface area contributed by atoms with E-state index in [1.807, 2.05) is 6.92 Å². The van der Waals surface area contributed by atoms with Crippen molar-refractivity contribution in [2.45, 2.75) is 24.7 Å². The minimum absolute atomic E-state index is 0. The molecule has 0 unspecified atom stereocenters. The Hall–Kier alpha value is 0.672. The van der Waals surface area contributed by atoms with Gasteiger partial charge in [-0.3, -0.25) is 0 Å². The van der Waals surface area contributed by atoms with Crippen LogP contribution < -0.4 is 0 Å². The first-order valence-corrected chi connectivity index (χ1v) is 4.14. The van der Waals surface area contributed by atoms with Crippen molar-refractivity contribution in [1.29, 1.82) is 0 Å². The molecule has 2 fully saturated rings. The molecule has 2 rings (SSSR count). The van der Waals surface area contributed by atoms with Crippen LogP contribution in [0.1, 0.15) is 6.92 Å². The quantitative estimate of drug-likeness (QED) is 0.536. The Bertz CT molecular complexity index is 199. The van der Waals surface area contributed by atoms with Crippen molar-refractivity contribution >= 4 is 0 Å². The van der Waals surface area contributed by atoms with Gasteiger partial charge in [0.1, 0.15) is 6.10 Å². The Morgan fingerprint density at radius 2 is 2.46 bits per heavy atom. The standard InChI is InChI=1S/C9H13O3.U/c1-3-8(10)9-5-11-7(4-12-9)6(9)2;/h3-4,6-8,10H,1,5H2,2H3;/q-1;/t6-,7-,8-,9-;/m0./s1. The maximum Gasteiger partial charge on any atom is 0.101 e. The van der Waals surface area contributed by atoms with Crippen LogP contribution in [0.3, 0.4) is 0 Å². The average Bonchev–Trinajstić information content (AvgIpc) is 2.60. The largest absolute Gasteiger partial charge is 0.541 e. The molecule has 0 saturated carbocycles. The van der Waals surface area contributed by atoms with Gasteiger partial charge in [-0.1, -0.05) is 13.0 Å². The van der Waals surface area contributed by atoms with Gasteiger partial charge in [-0.05, 0) is 12.0 Å². The fraction of sp³-hybridized carbons (Fsp3) is 0.667. The van der Waals surface area contributed by atoms with Gasteiger partial charge < -0.3 is 14.6 Å². The van der Waals surface area contributed by atoms with E-state index in [-0.39, 0.29) is 43.1 Å². The number of fused-ring (bicyclic) bond motifs is 2. The second kappa shape index (κ2) is 4.04. The van der Waals surface area contributed by atoms with E-state index >= 15 is 0 Å². The Balaban J connectivity index is 0.000000845. The Kier molecular flexibility index (Phi) is 3.65. The first kappa shape index (κ1) is 11.7. The summed E-state index contributed by atoms with van der Waals surface area (Å²) in [5.41, 5.74) is -0.563. The molecule has 1 N–H and O–H groups in total. The molecule has 0 aromatic heterocycles. The van der Waals surface area contributed by atoms with Gasteiger partial charge in [-0.2, -0.15) is 6.61 Å². The SMILES string of the molecule is C=C[C@H](O)[C@@]12CO[C@@H]([CH-]O1)[C@@H]2C.[U]. The summed E-state index contributed by atoms with van der Waals surface area (Å²) in [7, 11) is 0. The van der Waals surface area contributed by atoms with Crippen molar-refractivity contribution in [1.82, 2.24) is 0 Å². The molecule has 72 valence electrons. The zero-order valence-electron chi connectivity index (χ0n) is 7.56. The van der Waals surface area contributed by atoms with Crippen LogP contribution in [0.5, 0.6) is 0 Å². The minimum Gasteiger partial charge on any atom is -0.541 e. The summed E-state index contributed by atoms with van der Waals surface area (Å²) in [5, 5.41) is 9.66. The number of aliphatic hydroxyl groups excluding tert-OH is 1.